The van der Waals surface area contributed by atoms with Gasteiger partial charge in [0.05, 0.1) is 7.11 Å². The second kappa shape index (κ2) is 11.0. The first-order chi connectivity index (χ1) is 11.5. The zero-order valence-electron chi connectivity index (χ0n) is 14.1. The number of carbonyl (C=O) groups is 3. The molecule has 7 heteroatoms. The van der Waals surface area contributed by atoms with Crippen molar-refractivity contribution in [1.29, 1.82) is 0 Å². The SMILES string of the molecule is CCCCNC(=O)NC(=O)COC(=O)CCc1ccc(OC)cc1. The quantitative estimate of drug-likeness (QED) is 0.530. The summed E-state index contributed by atoms with van der Waals surface area (Å²) in [6.07, 6.45) is 2.44. The highest BCUT2D eigenvalue weighted by Gasteiger charge is 2.10. The molecule has 0 saturated carbocycles. The Morgan fingerprint density at radius 1 is 1.12 bits per heavy atom. The molecule has 0 aliphatic carbocycles. The molecule has 24 heavy (non-hydrogen) atoms. The summed E-state index contributed by atoms with van der Waals surface area (Å²) in [6, 6.07) is 6.76. The van der Waals surface area contributed by atoms with Gasteiger partial charge in [0.2, 0.25) is 0 Å². The van der Waals surface area contributed by atoms with Crippen LogP contribution in [0.25, 0.3) is 0 Å². The number of benzene rings is 1. The van der Waals surface area contributed by atoms with Gasteiger partial charge in [0.15, 0.2) is 6.61 Å². The van der Waals surface area contributed by atoms with Crippen molar-refractivity contribution >= 4 is 17.9 Å². The van der Waals surface area contributed by atoms with Crippen molar-refractivity contribution in [3.8, 4) is 5.75 Å². The maximum atomic E-state index is 11.6. The summed E-state index contributed by atoms with van der Waals surface area (Å²) < 4.78 is 9.89. The molecule has 0 atom stereocenters. The zero-order chi connectivity index (χ0) is 17.8. The number of esters is 1. The van der Waals surface area contributed by atoms with Crippen LogP contribution in [0.3, 0.4) is 0 Å². The van der Waals surface area contributed by atoms with E-state index in [1.165, 1.54) is 0 Å². The van der Waals surface area contributed by atoms with Crippen molar-refractivity contribution in [2.45, 2.75) is 32.6 Å². The third-order valence-corrected chi connectivity index (χ3v) is 3.21. The van der Waals surface area contributed by atoms with Gasteiger partial charge in [-0.3, -0.25) is 14.9 Å². The van der Waals surface area contributed by atoms with Crippen molar-refractivity contribution in [2.75, 3.05) is 20.3 Å². The van der Waals surface area contributed by atoms with E-state index < -0.39 is 24.5 Å². The van der Waals surface area contributed by atoms with Gasteiger partial charge in [-0.05, 0) is 30.5 Å². The number of methoxy groups -OCH3 is 1. The summed E-state index contributed by atoms with van der Waals surface area (Å²) in [5, 5.41) is 4.64. The minimum atomic E-state index is -0.651. The van der Waals surface area contributed by atoms with Crippen LogP contribution in [0.15, 0.2) is 24.3 Å². The average Bonchev–Trinajstić information content (AvgIpc) is 2.58. The molecule has 0 spiro atoms. The molecule has 0 fully saturated rings. The topological polar surface area (TPSA) is 93.7 Å². The highest BCUT2D eigenvalue weighted by Crippen LogP contribution is 2.12. The standard InChI is InChI=1S/C17H24N2O5/c1-3-4-11-18-17(22)19-15(20)12-24-16(21)10-7-13-5-8-14(23-2)9-6-13/h5-6,8-9H,3-4,7,10-12H2,1-2H3,(H2,18,19,20,22). The lowest BCUT2D eigenvalue weighted by atomic mass is 10.1. The summed E-state index contributed by atoms with van der Waals surface area (Å²) in [4.78, 5) is 34.4. The van der Waals surface area contributed by atoms with Gasteiger partial charge in [0, 0.05) is 13.0 Å². The monoisotopic (exact) mass is 336 g/mol. The van der Waals surface area contributed by atoms with Crippen LogP contribution in [0, 0.1) is 0 Å². The van der Waals surface area contributed by atoms with Gasteiger partial charge in [-0.2, -0.15) is 0 Å². The molecule has 0 aliphatic heterocycles. The fourth-order valence-corrected chi connectivity index (χ4v) is 1.84. The molecule has 0 radical (unpaired) electrons. The predicted octanol–water partition coefficient (Wildman–Crippen LogP) is 1.80. The van der Waals surface area contributed by atoms with Crippen LogP contribution < -0.4 is 15.4 Å². The molecule has 1 rings (SSSR count). The van der Waals surface area contributed by atoms with Crippen molar-refractivity contribution in [2.24, 2.45) is 0 Å². The fraction of sp³-hybridized carbons (Fsp3) is 0.471. The molecule has 132 valence electrons. The Balaban J connectivity index is 2.20. The minimum absolute atomic E-state index is 0.155. The van der Waals surface area contributed by atoms with Crippen molar-refractivity contribution < 1.29 is 23.9 Å². The molecular formula is C17H24N2O5. The number of rotatable bonds is 9. The summed E-state index contributed by atoms with van der Waals surface area (Å²) >= 11 is 0. The number of ether oxygens (including phenoxy) is 2. The van der Waals surface area contributed by atoms with Crippen molar-refractivity contribution in [3.63, 3.8) is 0 Å². The smallest absolute Gasteiger partial charge is 0.321 e. The van der Waals surface area contributed by atoms with Crippen molar-refractivity contribution in [3.05, 3.63) is 29.8 Å². The number of urea groups is 1. The number of carbonyl (C=O) groups excluding carboxylic acids is 3. The molecule has 0 unspecified atom stereocenters. The Hall–Kier alpha value is -2.57. The third-order valence-electron chi connectivity index (χ3n) is 3.21. The average molecular weight is 336 g/mol. The van der Waals surface area contributed by atoms with Crippen LogP contribution in [-0.4, -0.2) is 38.2 Å². The summed E-state index contributed by atoms with van der Waals surface area (Å²) in [7, 11) is 1.58. The van der Waals surface area contributed by atoms with Crippen LogP contribution in [0.4, 0.5) is 4.79 Å². The van der Waals surface area contributed by atoms with E-state index in [1.54, 1.807) is 7.11 Å². The molecule has 3 amide bonds. The largest absolute Gasteiger partial charge is 0.497 e. The Labute approximate surface area is 141 Å². The van der Waals surface area contributed by atoms with E-state index in [1.807, 2.05) is 31.2 Å². The lowest BCUT2D eigenvalue weighted by Gasteiger charge is -2.07. The second-order valence-electron chi connectivity index (χ2n) is 5.17. The van der Waals surface area contributed by atoms with Crippen LogP contribution in [0.5, 0.6) is 5.75 Å². The Bertz CT molecular complexity index is 542. The number of imide groups is 1. The molecule has 0 saturated heterocycles. The summed E-state index contributed by atoms with van der Waals surface area (Å²) in [6.45, 7) is 2.02. The van der Waals surface area contributed by atoms with Gasteiger partial charge in [-0.15, -0.1) is 0 Å². The molecule has 1 aromatic carbocycles. The van der Waals surface area contributed by atoms with Crippen LogP contribution in [0.2, 0.25) is 0 Å². The minimum Gasteiger partial charge on any atom is -0.497 e. The number of aryl methyl sites for hydroxylation is 1. The van der Waals surface area contributed by atoms with Crippen LogP contribution >= 0.6 is 0 Å². The zero-order valence-corrected chi connectivity index (χ0v) is 14.1. The molecule has 7 nitrogen and oxygen atoms in total. The highest BCUT2D eigenvalue weighted by molar-refractivity contribution is 5.95. The maximum Gasteiger partial charge on any atom is 0.321 e. The molecular weight excluding hydrogens is 312 g/mol. The van der Waals surface area contributed by atoms with Gasteiger partial charge < -0.3 is 14.8 Å². The lowest BCUT2D eigenvalue weighted by Crippen LogP contribution is -2.41. The van der Waals surface area contributed by atoms with Gasteiger partial charge in [0.1, 0.15) is 5.75 Å². The van der Waals surface area contributed by atoms with Crippen molar-refractivity contribution in [1.82, 2.24) is 10.6 Å². The number of nitrogens with one attached hydrogen (secondary N) is 2. The Morgan fingerprint density at radius 3 is 2.46 bits per heavy atom. The van der Waals surface area contributed by atoms with Gasteiger partial charge in [-0.1, -0.05) is 25.5 Å². The summed E-state index contributed by atoms with van der Waals surface area (Å²) in [5.74, 6) is -0.399. The first-order valence-electron chi connectivity index (χ1n) is 7.91. The van der Waals surface area contributed by atoms with Gasteiger partial charge >= 0.3 is 12.0 Å². The van der Waals surface area contributed by atoms with E-state index in [-0.39, 0.29) is 6.42 Å². The van der Waals surface area contributed by atoms with E-state index in [0.29, 0.717) is 13.0 Å². The second-order valence-corrected chi connectivity index (χ2v) is 5.17. The number of amides is 3. The van der Waals surface area contributed by atoms with E-state index in [2.05, 4.69) is 10.6 Å². The molecule has 0 heterocycles. The number of hydrogen-bond acceptors (Lipinski definition) is 5. The predicted molar refractivity (Wildman–Crippen MR) is 88.7 cm³/mol. The highest BCUT2D eigenvalue weighted by atomic mass is 16.5. The number of unbranched alkanes of at least 4 members (excludes halogenated alkanes) is 1. The van der Waals surface area contributed by atoms with Crippen LogP contribution in [0.1, 0.15) is 31.7 Å². The van der Waals surface area contributed by atoms with E-state index in [4.69, 9.17) is 9.47 Å². The Morgan fingerprint density at radius 2 is 1.83 bits per heavy atom. The van der Waals surface area contributed by atoms with E-state index >= 15 is 0 Å². The Kier molecular flexibility index (Phi) is 8.96. The van der Waals surface area contributed by atoms with Gasteiger partial charge in [0.25, 0.3) is 5.91 Å². The first kappa shape index (κ1) is 19.5. The summed E-state index contributed by atoms with van der Waals surface area (Å²) in [5.41, 5.74) is 0.965. The molecule has 0 aromatic heterocycles. The molecule has 0 aliphatic rings. The third kappa shape index (κ3) is 8.17. The first-order valence-corrected chi connectivity index (χ1v) is 7.91. The van der Waals surface area contributed by atoms with E-state index in [0.717, 1.165) is 24.2 Å². The maximum absolute atomic E-state index is 11.6. The molecule has 0 bridgehead atoms. The normalized spacial score (nSPS) is 9.92. The molecule has 2 N–H and O–H groups in total. The number of hydrogen-bond donors (Lipinski definition) is 2. The molecule has 1 aromatic rings. The fourth-order valence-electron chi connectivity index (χ4n) is 1.84. The van der Waals surface area contributed by atoms with Crippen LogP contribution in [-0.2, 0) is 20.7 Å². The van der Waals surface area contributed by atoms with E-state index in [9.17, 15) is 14.4 Å². The van der Waals surface area contributed by atoms with Gasteiger partial charge in [-0.25, -0.2) is 4.79 Å². The lowest BCUT2D eigenvalue weighted by molar-refractivity contribution is -0.148.